The monoisotopic (exact) mass is 266 g/mol. The van der Waals surface area contributed by atoms with E-state index in [-0.39, 0.29) is 17.9 Å². The normalized spacial score (nSPS) is 14.0. The lowest BCUT2D eigenvalue weighted by Crippen LogP contribution is -2.41. The predicted octanol–water partition coefficient (Wildman–Crippen LogP) is 1.94. The molecule has 0 spiro atoms. The van der Waals surface area contributed by atoms with Crippen molar-refractivity contribution in [3.05, 3.63) is 35.9 Å². The molecule has 0 aliphatic rings. The molecular weight excluding hydrogens is 244 g/mol. The van der Waals surface area contributed by atoms with Gasteiger partial charge in [0.25, 0.3) is 0 Å². The van der Waals surface area contributed by atoms with Gasteiger partial charge in [0.05, 0.1) is 5.92 Å². The van der Waals surface area contributed by atoms with Gasteiger partial charge >= 0.3 is 0 Å². The van der Waals surface area contributed by atoms with Gasteiger partial charge in [0, 0.05) is 25.4 Å². The summed E-state index contributed by atoms with van der Waals surface area (Å²) in [4.78, 5) is 14.2. The minimum Gasteiger partial charge on any atom is -0.342 e. The summed E-state index contributed by atoms with van der Waals surface area (Å²) in [7, 11) is 1.86. The summed E-state index contributed by atoms with van der Waals surface area (Å²) in [5.74, 6) is 0.805. The average molecular weight is 266 g/mol. The Hall–Kier alpha value is -1.00. The van der Waals surface area contributed by atoms with E-state index in [0.717, 1.165) is 11.3 Å². The summed E-state index contributed by atoms with van der Waals surface area (Å²) in [6, 6.07) is 9.98. The number of thioether (sulfide) groups is 1. The van der Waals surface area contributed by atoms with E-state index in [1.807, 2.05) is 43.6 Å². The lowest BCUT2D eigenvalue weighted by molar-refractivity contribution is -0.132. The van der Waals surface area contributed by atoms with Crippen LogP contribution >= 0.6 is 11.8 Å². The number of carbonyl (C=O) groups is 1. The number of carbonyl (C=O) groups excluding carboxylic acids is 1. The van der Waals surface area contributed by atoms with Crippen molar-refractivity contribution in [3.63, 3.8) is 0 Å². The Morgan fingerprint density at radius 3 is 2.50 bits per heavy atom. The van der Waals surface area contributed by atoms with Crippen LogP contribution in [0.15, 0.2) is 30.3 Å². The van der Waals surface area contributed by atoms with Crippen molar-refractivity contribution in [2.45, 2.75) is 18.9 Å². The Bertz CT molecular complexity index is 369. The molecular formula is C14H22N2OS. The van der Waals surface area contributed by atoms with Gasteiger partial charge in [-0.2, -0.15) is 11.8 Å². The Morgan fingerprint density at radius 1 is 1.39 bits per heavy atom. The molecule has 0 saturated heterocycles. The fourth-order valence-corrected chi connectivity index (χ4v) is 2.59. The molecule has 2 N–H and O–H groups in total. The van der Waals surface area contributed by atoms with E-state index in [1.165, 1.54) is 0 Å². The smallest absolute Gasteiger partial charge is 0.231 e. The minimum atomic E-state index is -0.236. The van der Waals surface area contributed by atoms with Crippen molar-refractivity contribution in [3.8, 4) is 0 Å². The van der Waals surface area contributed by atoms with Crippen LogP contribution in [0, 0.1) is 0 Å². The van der Waals surface area contributed by atoms with E-state index < -0.39 is 0 Å². The summed E-state index contributed by atoms with van der Waals surface area (Å²) in [5, 5.41) is 0. The highest BCUT2D eigenvalue weighted by molar-refractivity contribution is 7.98. The number of rotatable bonds is 6. The maximum atomic E-state index is 12.4. The molecule has 1 aromatic carbocycles. The lowest BCUT2D eigenvalue weighted by atomic mass is 9.97. The van der Waals surface area contributed by atoms with Gasteiger partial charge in [-0.25, -0.2) is 0 Å². The Balaban J connectivity index is 2.80. The van der Waals surface area contributed by atoms with Gasteiger partial charge in [-0.05, 0) is 18.7 Å². The van der Waals surface area contributed by atoms with Crippen LogP contribution in [-0.4, -0.2) is 42.4 Å². The van der Waals surface area contributed by atoms with Gasteiger partial charge in [0.15, 0.2) is 0 Å². The fraction of sp³-hybridized carbons (Fsp3) is 0.500. The summed E-state index contributed by atoms with van der Waals surface area (Å²) in [6.45, 7) is 2.41. The van der Waals surface area contributed by atoms with Crippen LogP contribution < -0.4 is 5.73 Å². The molecule has 3 nitrogen and oxygen atoms in total. The van der Waals surface area contributed by atoms with E-state index >= 15 is 0 Å². The van der Waals surface area contributed by atoms with E-state index in [0.29, 0.717) is 6.54 Å². The Kier molecular flexibility index (Phi) is 6.22. The van der Waals surface area contributed by atoms with E-state index in [2.05, 4.69) is 6.92 Å². The Morgan fingerprint density at radius 2 is 2.00 bits per heavy atom. The van der Waals surface area contributed by atoms with Crippen LogP contribution in [0.4, 0.5) is 0 Å². The lowest BCUT2D eigenvalue weighted by Gasteiger charge is -2.28. The number of hydrogen-bond donors (Lipinski definition) is 1. The highest BCUT2D eigenvalue weighted by Gasteiger charge is 2.24. The molecule has 0 heterocycles. The number of nitrogens with two attached hydrogens (primary N) is 1. The van der Waals surface area contributed by atoms with Gasteiger partial charge in [-0.1, -0.05) is 30.3 Å². The first kappa shape index (κ1) is 15.1. The third-order valence-electron chi connectivity index (χ3n) is 3.15. The van der Waals surface area contributed by atoms with Crippen LogP contribution in [0.1, 0.15) is 18.4 Å². The zero-order valence-corrected chi connectivity index (χ0v) is 12.1. The predicted molar refractivity (Wildman–Crippen MR) is 78.9 cm³/mol. The summed E-state index contributed by atoms with van der Waals surface area (Å²) >= 11 is 1.75. The maximum absolute atomic E-state index is 12.4. The first-order chi connectivity index (χ1) is 8.61. The molecule has 0 fully saturated rings. The summed E-state index contributed by atoms with van der Waals surface area (Å²) in [6.07, 6.45) is 2.05. The molecule has 100 valence electrons. The summed E-state index contributed by atoms with van der Waals surface area (Å²) in [5.41, 5.74) is 6.76. The van der Waals surface area contributed by atoms with Crippen molar-refractivity contribution in [2.75, 3.05) is 25.6 Å². The average Bonchev–Trinajstić information content (AvgIpc) is 2.40. The first-order valence-electron chi connectivity index (χ1n) is 6.12. The van der Waals surface area contributed by atoms with Crippen LogP contribution in [0.3, 0.4) is 0 Å². The second kappa shape index (κ2) is 7.44. The number of likely N-dealkylation sites (N-methyl/N-ethyl adjacent to an activating group) is 1. The standard InChI is InChI=1S/C14H22N2OS/c1-11(10-18-3)16(2)14(17)13(9-15)12-7-5-4-6-8-12/h4-8,11,13H,9-10,15H2,1-3H3. The van der Waals surface area contributed by atoms with Crippen molar-refractivity contribution < 1.29 is 4.79 Å². The molecule has 4 heteroatoms. The van der Waals surface area contributed by atoms with Crippen molar-refractivity contribution >= 4 is 17.7 Å². The molecule has 1 amide bonds. The van der Waals surface area contributed by atoms with E-state index in [4.69, 9.17) is 5.73 Å². The van der Waals surface area contributed by atoms with E-state index in [1.54, 1.807) is 16.7 Å². The third kappa shape index (κ3) is 3.75. The number of hydrogen-bond acceptors (Lipinski definition) is 3. The van der Waals surface area contributed by atoms with Gasteiger partial charge < -0.3 is 10.6 Å². The van der Waals surface area contributed by atoms with Crippen molar-refractivity contribution in [1.82, 2.24) is 4.90 Å². The molecule has 0 radical (unpaired) electrons. The van der Waals surface area contributed by atoms with Gasteiger partial charge in [0.2, 0.25) is 5.91 Å². The number of benzene rings is 1. The topological polar surface area (TPSA) is 46.3 Å². The maximum Gasteiger partial charge on any atom is 0.231 e. The Labute approximate surface area is 114 Å². The quantitative estimate of drug-likeness (QED) is 0.856. The SMILES string of the molecule is CSCC(C)N(C)C(=O)C(CN)c1ccccc1. The molecule has 18 heavy (non-hydrogen) atoms. The summed E-state index contributed by atoms with van der Waals surface area (Å²) < 4.78 is 0. The molecule has 0 saturated carbocycles. The second-order valence-corrected chi connectivity index (χ2v) is 5.36. The minimum absolute atomic E-state index is 0.102. The highest BCUT2D eigenvalue weighted by Crippen LogP contribution is 2.18. The molecule has 1 aromatic rings. The number of amides is 1. The van der Waals surface area contributed by atoms with Crippen LogP contribution in [-0.2, 0) is 4.79 Å². The molecule has 0 bridgehead atoms. The first-order valence-corrected chi connectivity index (χ1v) is 7.51. The van der Waals surface area contributed by atoms with Gasteiger partial charge in [0.1, 0.15) is 0 Å². The third-order valence-corrected chi connectivity index (χ3v) is 3.97. The van der Waals surface area contributed by atoms with Crippen LogP contribution in [0.5, 0.6) is 0 Å². The van der Waals surface area contributed by atoms with Gasteiger partial charge in [-0.15, -0.1) is 0 Å². The largest absolute Gasteiger partial charge is 0.342 e. The molecule has 1 rings (SSSR count). The second-order valence-electron chi connectivity index (χ2n) is 4.45. The molecule has 2 atom stereocenters. The zero-order valence-electron chi connectivity index (χ0n) is 11.3. The zero-order chi connectivity index (χ0) is 13.5. The van der Waals surface area contributed by atoms with Crippen molar-refractivity contribution in [1.29, 1.82) is 0 Å². The molecule has 0 aromatic heterocycles. The van der Waals surface area contributed by atoms with Gasteiger partial charge in [-0.3, -0.25) is 4.79 Å². The molecule has 2 unspecified atom stereocenters. The van der Waals surface area contributed by atoms with E-state index in [9.17, 15) is 4.79 Å². The molecule has 0 aliphatic carbocycles. The van der Waals surface area contributed by atoms with Crippen molar-refractivity contribution in [2.24, 2.45) is 5.73 Å². The number of nitrogens with zero attached hydrogens (tertiary/aromatic N) is 1. The highest BCUT2D eigenvalue weighted by atomic mass is 32.2. The molecule has 0 aliphatic heterocycles. The van der Waals surface area contributed by atoms with Crippen LogP contribution in [0.25, 0.3) is 0 Å². The van der Waals surface area contributed by atoms with Crippen LogP contribution in [0.2, 0.25) is 0 Å². The fourth-order valence-electron chi connectivity index (χ4n) is 1.88.